The lowest BCUT2D eigenvalue weighted by Crippen LogP contribution is -2.56. The van der Waals surface area contributed by atoms with Gasteiger partial charge in [0.05, 0.1) is 0 Å². The van der Waals surface area contributed by atoms with E-state index in [-0.39, 0.29) is 5.54 Å². The van der Waals surface area contributed by atoms with E-state index in [0.717, 1.165) is 6.54 Å². The van der Waals surface area contributed by atoms with Crippen LogP contribution in [0.5, 0.6) is 0 Å². The molecule has 1 heterocycles. The van der Waals surface area contributed by atoms with Crippen molar-refractivity contribution in [3.05, 3.63) is 35.9 Å². The Bertz CT molecular complexity index is 468. The molecule has 2 aliphatic rings. The van der Waals surface area contributed by atoms with Crippen LogP contribution in [0.2, 0.25) is 0 Å². The second-order valence-electron chi connectivity index (χ2n) is 7.97. The fraction of sp³-hybridized carbons (Fsp3) is 0.684. The van der Waals surface area contributed by atoms with Crippen molar-refractivity contribution in [2.45, 2.75) is 57.4 Å². The molecule has 2 N–H and O–H groups in total. The van der Waals surface area contributed by atoms with Crippen LogP contribution in [-0.2, 0) is 0 Å². The van der Waals surface area contributed by atoms with Crippen molar-refractivity contribution in [2.24, 2.45) is 11.1 Å². The molecular formula is C19H30N2. The Morgan fingerprint density at radius 2 is 1.95 bits per heavy atom. The van der Waals surface area contributed by atoms with Crippen LogP contribution in [0.25, 0.3) is 0 Å². The van der Waals surface area contributed by atoms with E-state index in [9.17, 15) is 0 Å². The number of nitrogens with two attached hydrogens (primary N) is 1. The molecule has 3 rings (SSSR count). The summed E-state index contributed by atoms with van der Waals surface area (Å²) in [6, 6.07) is 11.0. The van der Waals surface area contributed by atoms with Gasteiger partial charge in [-0.15, -0.1) is 0 Å². The van der Waals surface area contributed by atoms with Crippen LogP contribution in [0.1, 0.15) is 57.4 Å². The Kier molecular flexibility index (Phi) is 4.11. The van der Waals surface area contributed by atoms with Crippen molar-refractivity contribution in [1.29, 1.82) is 0 Å². The summed E-state index contributed by atoms with van der Waals surface area (Å²) in [7, 11) is 0. The number of rotatable bonds is 3. The number of hydrogen-bond donors (Lipinski definition) is 1. The number of nitrogens with zero attached hydrogens (tertiary/aromatic N) is 1. The van der Waals surface area contributed by atoms with Crippen LogP contribution >= 0.6 is 0 Å². The molecule has 1 aliphatic carbocycles. The molecule has 2 heteroatoms. The fourth-order valence-corrected chi connectivity index (χ4v) is 4.73. The monoisotopic (exact) mass is 286 g/mol. The maximum Gasteiger partial charge on any atom is 0.0337 e. The molecule has 0 spiro atoms. The minimum absolute atomic E-state index is 0.255. The Morgan fingerprint density at radius 1 is 1.19 bits per heavy atom. The minimum atomic E-state index is 0.255. The normalized spacial score (nSPS) is 33.2. The van der Waals surface area contributed by atoms with E-state index in [0.29, 0.717) is 11.3 Å². The summed E-state index contributed by atoms with van der Waals surface area (Å²) in [6.45, 7) is 8.06. The lowest BCUT2D eigenvalue weighted by molar-refractivity contribution is 0.0250. The highest BCUT2D eigenvalue weighted by Crippen LogP contribution is 2.45. The zero-order valence-corrected chi connectivity index (χ0v) is 13.6. The molecule has 2 atom stereocenters. The van der Waals surface area contributed by atoms with Gasteiger partial charge in [-0.3, -0.25) is 4.90 Å². The zero-order chi connectivity index (χ0) is 14.9. The second-order valence-corrected chi connectivity index (χ2v) is 7.97. The summed E-state index contributed by atoms with van der Waals surface area (Å²) in [6.07, 6.45) is 6.51. The van der Waals surface area contributed by atoms with Crippen LogP contribution < -0.4 is 5.73 Å². The lowest BCUT2D eigenvalue weighted by Gasteiger charge is -2.50. The average molecular weight is 286 g/mol. The summed E-state index contributed by atoms with van der Waals surface area (Å²) >= 11 is 0. The van der Waals surface area contributed by atoms with Crippen LogP contribution in [0.3, 0.4) is 0 Å². The molecule has 1 aromatic rings. The van der Waals surface area contributed by atoms with E-state index < -0.39 is 0 Å². The molecule has 0 bridgehead atoms. The van der Waals surface area contributed by atoms with Gasteiger partial charge < -0.3 is 5.73 Å². The first-order valence-corrected chi connectivity index (χ1v) is 8.55. The van der Waals surface area contributed by atoms with Crippen molar-refractivity contribution in [1.82, 2.24) is 4.90 Å². The van der Waals surface area contributed by atoms with Gasteiger partial charge in [0, 0.05) is 18.6 Å². The molecule has 116 valence electrons. The lowest BCUT2D eigenvalue weighted by atomic mass is 9.67. The average Bonchev–Trinajstić information content (AvgIpc) is 2.97. The third kappa shape index (κ3) is 3.02. The summed E-state index contributed by atoms with van der Waals surface area (Å²) in [5.41, 5.74) is 8.49. The molecule has 1 aliphatic heterocycles. The van der Waals surface area contributed by atoms with E-state index >= 15 is 0 Å². The SMILES string of the molecule is CC1(C)CCCC(CN)(N2CCC(c3ccccc3)C2)C1. The summed E-state index contributed by atoms with van der Waals surface area (Å²) in [5, 5.41) is 0. The highest BCUT2D eigenvalue weighted by Gasteiger charge is 2.45. The number of likely N-dealkylation sites (tertiary alicyclic amines) is 1. The van der Waals surface area contributed by atoms with Crippen LogP contribution in [-0.4, -0.2) is 30.1 Å². The Morgan fingerprint density at radius 3 is 2.62 bits per heavy atom. The summed E-state index contributed by atoms with van der Waals surface area (Å²) < 4.78 is 0. The van der Waals surface area contributed by atoms with Crippen LogP contribution in [0, 0.1) is 5.41 Å². The van der Waals surface area contributed by atoms with Crippen LogP contribution in [0.15, 0.2) is 30.3 Å². The molecule has 21 heavy (non-hydrogen) atoms. The first-order valence-electron chi connectivity index (χ1n) is 8.55. The van der Waals surface area contributed by atoms with Crippen molar-refractivity contribution in [3.8, 4) is 0 Å². The second kappa shape index (κ2) is 5.73. The van der Waals surface area contributed by atoms with E-state index in [1.165, 1.54) is 50.8 Å². The largest absolute Gasteiger partial charge is 0.329 e. The molecule has 2 nitrogen and oxygen atoms in total. The van der Waals surface area contributed by atoms with Gasteiger partial charge in [0.25, 0.3) is 0 Å². The van der Waals surface area contributed by atoms with Gasteiger partial charge in [-0.1, -0.05) is 50.6 Å². The zero-order valence-electron chi connectivity index (χ0n) is 13.6. The maximum atomic E-state index is 6.28. The predicted molar refractivity (Wildman–Crippen MR) is 89.4 cm³/mol. The van der Waals surface area contributed by atoms with Crippen molar-refractivity contribution >= 4 is 0 Å². The van der Waals surface area contributed by atoms with Gasteiger partial charge in [-0.2, -0.15) is 0 Å². The quantitative estimate of drug-likeness (QED) is 0.916. The van der Waals surface area contributed by atoms with E-state index in [4.69, 9.17) is 5.73 Å². The van der Waals surface area contributed by atoms with Gasteiger partial charge in [0.2, 0.25) is 0 Å². The van der Waals surface area contributed by atoms with E-state index in [1.807, 2.05) is 0 Å². The number of hydrogen-bond acceptors (Lipinski definition) is 2. The standard InChI is InChI=1S/C19H30N2/c1-18(2)10-6-11-19(14-18,15-20)21-12-9-17(13-21)16-7-4-3-5-8-16/h3-5,7-8,17H,6,9-15,20H2,1-2H3. The van der Waals surface area contributed by atoms with Crippen LogP contribution in [0.4, 0.5) is 0 Å². The van der Waals surface area contributed by atoms with Gasteiger partial charge in [0.15, 0.2) is 0 Å². The summed E-state index contributed by atoms with van der Waals surface area (Å²) in [4.78, 5) is 2.73. The van der Waals surface area contributed by atoms with Gasteiger partial charge >= 0.3 is 0 Å². The number of benzene rings is 1. The molecule has 1 saturated carbocycles. The molecule has 2 fully saturated rings. The molecule has 1 saturated heterocycles. The molecular weight excluding hydrogens is 256 g/mol. The molecule has 0 radical (unpaired) electrons. The molecule has 1 aromatic carbocycles. The maximum absolute atomic E-state index is 6.28. The van der Waals surface area contributed by atoms with Crippen molar-refractivity contribution in [3.63, 3.8) is 0 Å². The minimum Gasteiger partial charge on any atom is -0.329 e. The predicted octanol–water partition coefficient (Wildman–Crippen LogP) is 3.77. The van der Waals surface area contributed by atoms with Gasteiger partial charge in [0.1, 0.15) is 0 Å². The third-order valence-corrected chi connectivity index (χ3v) is 5.81. The summed E-state index contributed by atoms with van der Waals surface area (Å²) in [5.74, 6) is 0.694. The van der Waals surface area contributed by atoms with Crippen molar-refractivity contribution < 1.29 is 0 Å². The molecule has 2 unspecified atom stereocenters. The highest BCUT2D eigenvalue weighted by atomic mass is 15.2. The van der Waals surface area contributed by atoms with E-state index in [1.54, 1.807) is 0 Å². The highest BCUT2D eigenvalue weighted by molar-refractivity contribution is 5.21. The third-order valence-electron chi connectivity index (χ3n) is 5.81. The van der Waals surface area contributed by atoms with Gasteiger partial charge in [-0.25, -0.2) is 0 Å². The van der Waals surface area contributed by atoms with Gasteiger partial charge in [-0.05, 0) is 49.1 Å². The van der Waals surface area contributed by atoms with E-state index in [2.05, 4.69) is 49.1 Å². The Labute approximate surface area is 129 Å². The first-order chi connectivity index (χ1) is 10.0. The molecule has 0 amide bonds. The smallest absolute Gasteiger partial charge is 0.0337 e. The Hall–Kier alpha value is -0.860. The molecule has 0 aromatic heterocycles. The fourth-order valence-electron chi connectivity index (χ4n) is 4.73. The van der Waals surface area contributed by atoms with Crippen molar-refractivity contribution in [2.75, 3.05) is 19.6 Å². The topological polar surface area (TPSA) is 29.3 Å². The Balaban J connectivity index is 1.75. The first kappa shape index (κ1) is 15.1.